The third kappa shape index (κ3) is 5.15. The Morgan fingerprint density at radius 2 is 1.56 bits per heavy atom. The minimum Gasteiger partial charge on any atom is -0.366 e. The average Bonchev–Trinajstić information content (AvgIpc) is 2.78. The van der Waals surface area contributed by atoms with Gasteiger partial charge in [0.1, 0.15) is 6.54 Å². The normalized spacial score (nSPS) is 11.1. The Morgan fingerprint density at radius 1 is 0.938 bits per heavy atom. The molecule has 3 aromatic carbocycles. The standard InChI is InChI=1S/C24H25N3O4S/c1-3-18-6-4-5-7-22(18)27(32(30,31)21-14-8-17(2)9-15-21)16-23(28)26-20-12-10-19(11-13-20)24(25)29/h4-15H,3,16H2,1-2H3,(H2,25,29)(H,26,28). The molecular weight excluding hydrogens is 426 g/mol. The molecule has 32 heavy (non-hydrogen) atoms. The molecule has 0 spiro atoms. The van der Waals surface area contributed by atoms with Crippen molar-refractivity contribution in [3.8, 4) is 0 Å². The van der Waals surface area contributed by atoms with Gasteiger partial charge in [0, 0.05) is 11.3 Å². The number of anilines is 2. The molecule has 8 heteroatoms. The van der Waals surface area contributed by atoms with Crippen LogP contribution in [0, 0.1) is 6.92 Å². The molecule has 0 aliphatic carbocycles. The van der Waals surface area contributed by atoms with Crippen molar-refractivity contribution in [3.05, 3.63) is 89.5 Å². The van der Waals surface area contributed by atoms with Gasteiger partial charge in [-0.2, -0.15) is 0 Å². The Morgan fingerprint density at radius 3 is 2.16 bits per heavy atom. The smallest absolute Gasteiger partial charge is 0.264 e. The Bertz CT molecular complexity index is 1220. The van der Waals surface area contributed by atoms with Gasteiger partial charge in [-0.25, -0.2) is 8.42 Å². The van der Waals surface area contributed by atoms with Gasteiger partial charge >= 0.3 is 0 Å². The van der Waals surface area contributed by atoms with Gasteiger partial charge in [-0.05, 0) is 61.4 Å². The Balaban J connectivity index is 1.94. The highest BCUT2D eigenvalue weighted by molar-refractivity contribution is 7.92. The summed E-state index contributed by atoms with van der Waals surface area (Å²) in [6.45, 7) is 3.39. The molecule has 0 unspecified atom stereocenters. The highest BCUT2D eigenvalue weighted by atomic mass is 32.2. The van der Waals surface area contributed by atoms with E-state index < -0.39 is 28.4 Å². The van der Waals surface area contributed by atoms with Gasteiger partial charge in [0.05, 0.1) is 10.6 Å². The maximum absolute atomic E-state index is 13.5. The fourth-order valence-corrected chi connectivity index (χ4v) is 4.70. The fraction of sp³-hybridized carbons (Fsp3) is 0.167. The van der Waals surface area contributed by atoms with E-state index in [-0.39, 0.29) is 4.90 Å². The van der Waals surface area contributed by atoms with Crippen molar-refractivity contribution in [2.24, 2.45) is 5.73 Å². The lowest BCUT2D eigenvalue weighted by molar-refractivity contribution is -0.114. The Kier molecular flexibility index (Phi) is 6.95. The lowest BCUT2D eigenvalue weighted by Gasteiger charge is -2.26. The zero-order valence-electron chi connectivity index (χ0n) is 17.9. The topological polar surface area (TPSA) is 110 Å². The zero-order chi connectivity index (χ0) is 23.3. The van der Waals surface area contributed by atoms with Crippen LogP contribution < -0.4 is 15.4 Å². The minimum atomic E-state index is -4.00. The predicted octanol–water partition coefficient (Wildman–Crippen LogP) is 3.49. The molecule has 0 heterocycles. The molecule has 0 atom stereocenters. The highest BCUT2D eigenvalue weighted by Gasteiger charge is 2.28. The van der Waals surface area contributed by atoms with Crippen LogP contribution >= 0.6 is 0 Å². The van der Waals surface area contributed by atoms with Crippen LogP contribution in [0.4, 0.5) is 11.4 Å². The summed E-state index contributed by atoms with van der Waals surface area (Å²) in [7, 11) is -4.00. The lowest BCUT2D eigenvalue weighted by atomic mass is 10.1. The van der Waals surface area contributed by atoms with E-state index in [1.807, 2.05) is 26.0 Å². The van der Waals surface area contributed by atoms with Crippen molar-refractivity contribution in [1.29, 1.82) is 0 Å². The Hall–Kier alpha value is -3.65. The summed E-state index contributed by atoms with van der Waals surface area (Å²) in [6.07, 6.45) is 0.603. The lowest BCUT2D eigenvalue weighted by Crippen LogP contribution is -2.38. The van der Waals surface area contributed by atoms with Gasteiger partial charge in [0.2, 0.25) is 11.8 Å². The van der Waals surface area contributed by atoms with E-state index >= 15 is 0 Å². The number of nitrogens with two attached hydrogens (primary N) is 1. The molecule has 0 saturated carbocycles. The van der Waals surface area contributed by atoms with Gasteiger partial charge in [-0.3, -0.25) is 13.9 Å². The number of primary amides is 1. The van der Waals surface area contributed by atoms with E-state index in [1.165, 1.54) is 36.4 Å². The summed E-state index contributed by atoms with van der Waals surface area (Å²) in [4.78, 5) is 24.2. The van der Waals surface area contributed by atoms with Crippen molar-refractivity contribution >= 4 is 33.2 Å². The molecule has 7 nitrogen and oxygen atoms in total. The number of hydrogen-bond acceptors (Lipinski definition) is 4. The second-order valence-electron chi connectivity index (χ2n) is 7.30. The zero-order valence-corrected chi connectivity index (χ0v) is 18.7. The van der Waals surface area contributed by atoms with Crippen molar-refractivity contribution in [2.45, 2.75) is 25.2 Å². The molecule has 0 radical (unpaired) electrons. The number of sulfonamides is 1. The number of hydrogen-bond donors (Lipinski definition) is 2. The number of benzene rings is 3. The highest BCUT2D eigenvalue weighted by Crippen LogP contribution is 2.28. The summed E-state index contributed by atoms with van der Waals surface area (Å²) in [5.41, 5.74) is 8.16. The summed E-state index contributed by atoms with van der Waals surface area (Å²) in [6, 6.07) is 19.7. The molecule has 166 valence electrons. The number of amides is 2. The molecule has 0 bridgehead atoms. The number of carbonyl (C=O) groups excluding carboxylic acids is 2. The second-order valence-corrected chi connectivity index (χ2v) is 9.16. The predicted molar refractivity (Wildman–Crippen MR) is 125 cm³/mol. The van der Waals surface area contributed by atoms with Crippen LogP contribution in [0.1, 0.15) is 28.4 Å². The fourth-order valence-electron chi connectivity index (χ4n) is 3.24. The summed E-state index contributed by atoms with van der Waals surface area (Å²) in [5, 5.41) is 2.68. The first-order valence-corrected chi connectivity index (χ1v) is 11.5. The van der Waals surface area contributed by atoms with Gasteiger partial charge in [-0.1, -0.05) is 42.8 Å². The van der Waals surface area contributed by atoms with E-state index in [0.717, 1.165) is 15.4 Å². The maximum atomic E-state index is 13.5. The third-order valence-electron chi connectivity index (χ3n) is 4.99. The first kappa shape index (κ1) is 23.0. The van der Waals surface area contributed by atoms with Gasteiger partial charge < -0.3 is 11.1 Å². The molecule has 0 fully saturated rings. The number of nitrogens with zero attached hydrogens (tertiary/aromatic N) is 1. The van der Waals surface area contributed by atoms with Crippen LogP contribution in [0.25, 0.3) is 0 Å². The third-order valence-corrected chi connectivity index (χ3v) is 6.76. The maximum Gasteiger partial charge on any atom is 0.264 e. The van der Waals surface area contributed by atoms with Crippen LogP contribution in [0.3, 0.4) is 0 Å². The molecule has 0 saturated heterocycles. The largest absolute Gasteiger partial charge is 0.366 e. The van der Waals surface area contributed by atoms with Gasteiger partial charge in [0.15, 0.2) is 0 Å². The molecule has 3 N–H and O–H groups in total. The Labute approximate surface area is 187 Å². The van der Waals surface area contributed by atoms with E-state index in [4.69, 9.17) is 5.73 Å². The average molecular weight is 452 g/mol. The van der Waals surface area contributed by atoms with Crippen LogP contribution in [0.15, 0.2) is 77.7 Å². The van der Waals surface area contributed by atoms with E-state index in [2.05, 4.69) is 5.32 Å². The monoisotopic (exact) mass is 451 g/mol. The van der Waals surface area contributed by atoms with Crippen molar-refractivity contribution in [3.63, 3.8) is 0 Å². The molecule has 2 amide bonds. The number of carbonyl (C=O) groups is 2. The number of nitrogens with one attached hydrogen (secondary N) is 1. The molecular formula is C24H25N3O4S. The van der Waals surface area contributed by atoms with Crippen molar-refractivity contribution in [2.75, 3.05) is 16.2 Å². The van der Waals surface area contributed by atoms with Crippen molar-refractivity contribution in [1.82, 2.24) is 0 Å². The molecule has 0 aliphatic heterocycles. The van der Waals surface area contributed by atoms with E-state index in [0.29, 0.717) is 23.4 Å². The molecule has 3 rings (SSSR count). The van der Waals surface area contributed by atoms with Crippen LogP contribution in [0.2, 0.25) is 0 Å². The molecule has 3 aromatic rings. The first-order valence-electron chi connectivity index (χ1n) is 10.1. The minimum absolute atomic E-state index is 0.104. The first-order chi connectivity index (χ1) is 15.2. The molecule has 0 aromatic heterocycles. The summed E-state index contributed by atoms with van der Waals surface area (Å²) in [5.74, 6) is -1.09. The van der Waals surface area contributed by atoms with Gasteiger partial charge in [-0.15, -0.1) is 0 Å². The summed E-state index contributed by atoms with van der Waals surface area (Å²) < 4.78 is 28.2. The van der Waals surface area contributed by atoms with Crippen LogP contribution in [-0.4, -0.2) is 26.8 Å². The number of para-hydroxylation sites is 1. The number of rotatable bonds is 8. The second kappa shape index (κ2) is 9.65. The SMILES string of the molecule is CCc1ccccc1N(CC(=O)Nc1ccc(C(N)=O)cc1)S(=O)(=O)c1ccc(C)cc1. The quantitative estimate of drug-likeness (QED) is 0.546. The van der Waals surface area contributed by atoms with Crippen LogP contribution in [-0.2, 0) is 21.2 Å². The van der Waals surface area contributed by atoms with Crippen LogP contribution in [0.5, 0.6) is 0 Å². The van der Waals surface area contributed by atoms with E-state index in [9.17, 15) is 18.0 Å². The molecule has 0 aliphatic rings. The van der Waals surface area contributed by atoms with E-state index in [1.54, 1.807) is 24.3 Å². The van der Waals surface area contributed by atoms with Gasteiger partial charge in [0.25, 0.3) is 10.0 Å². The van der Waals surface area contributed by atoms with Crippen molar-refractivity contribution < 1.29 is 18.0 Å². The summed E-state index contributed by atoms with van der Waals surface area (Å²) >= 11 is 0. The number of aryl methyl sites for hydroxylation is 2.